The molecule has 1 aliphatic heterocycles. The Morgan fingerprint density at radius 1 is 1.38 bits per heavy atom. The molecule has 1 heterocycles. The fourth-order valence-electron chi connectivity index (χ4n) is 3.19. The predicted molar refractivity (Wildman–Crippen MR) is 88.9 cm³/mol. The number of carbonyl (C=O) groups is 1. The van der Waals surface area contributed by atoms with Crippen LogP contribution in [0, 0.1) is 0 Å². The van der Waals surface area contributed by atoms with Gasteiger partial charge >= 0.3 is 0 Å². The van der Waals surface area contributed by atoms with Gasteiger partial charge in [0, 0.05) is 17.6 Å². The zero-order valence-electron chi connectivity index (χ0n) is 12.7. The summed E-state index contributed by atoms with van der Waals surface area (Å²) in [6.45, 7) is 2.93. The van der Waals surface area contributed by atoms with Gasteiger partial charge in [0.05, 0.1) is 12.1 Å². The molecule has 1 amide bonds. The molecule has 0 radical (unpaired) electrons. The van der Waals surface area contributed by atoms with Gasteiger partial charge < -0.3 is 11.1 Å². The zero-order chi connectivity index (χ0) is 15.4. The van der Waals surface area contributed by atoms with Crippen LogP contribution in [0.4, 0.5) is 0 Å². The molecule has 0 aromatic heterocycles. The molecule has 1 aromatic rings. The first kappa shape index (κ1) is 16.5. The normalized spacial score (nSPS) is 22.6. The number of hydrogen-bond donors (Lipinski definition) is 2. The number of halogens is 1. The summed E-state index contributed by atoms with van der Waals surface area (Å²) < 4.78 is 1.05. The molecular formula is C16H24BrN3O. The van der Waals surface area contributed by atoms with E-state index in [2.05, 4.69) is 38.3 Å². The SMILES string of the molecule is CNC(=O)C1CCCCN1C(c1ccc(Br)cc1)C(C)N. The summed E-state index contributed by atoms with van der Waals surface area (Å²) in [5.41, 5.74) is 7.43. The molecule has 1 aliphatic rings. The van der Waals surface area contributed by atoms with Crippen molar-refractivity contribution in [2.75, 3.05) is 13.6 Å². The molecule has 1 saturated heterocycles. The molecule has 4 nitrogen and oxygen atoms in total. The number of nitrogens with one attached hydrogen (secondary N) is 1. The topological polar surface area (TPSA) is 58.4 Å². The third-order valence-electron chi connectivity index (χ3n) is 4.16. The van der Waals surface area contributed by atoms with E-state index in [-0.39, 0.29) is 24.0 Å². The van der Waals surface area contributed by atoms with Crippen LogP contribution in [-0.2, 0) is 4.79 Å². The van der Waals surface area contributed by atoms with Gasteiger partial charge in [0.1, 0.15) is 0 Å². The monoisotopic (exact) mass is 353 g/mol. The summed E-state index contributed by atoms with van der Waals surface area (Å²) in [4.78, 5) is 14.5. The first-order chi connectivity index (χ1) is 10.0. The average Bonchev–Trinajstić information content (AvgIpc) is 2.49. The van der Waals surface area contributed by atoms with E-state index in [1.54, 1.807) is 7.05 Å². The van der Waals surface area contributed by atoms with Crippen LogP contribution in [0.2, 0.25) is 0 Å². The van der Waals surface area contributed by atoms with Gasteiger partial charge in [0.2, 0.25) is 5.91 Å². The number of amides is 1. The minimum atomic E-state index is -0.0802. The van der Waals surface area contributed by atoms with Crippen molar-refractivity contribution in [3.8, 4) is 0 Å². The first-order valence-corrected chi connectivity index (χ1v) is 8.32. The molecule has 3 atom stereocenters. The largest absolute Gasteiger partial charge is 0.358 e. The number of nitrogens with two attached hydrogens (primary N) is 1. The van der Waals surface area contributed by atoms with Crippen LogP contribution in [-0.4, -0.2) is 36.5 Å². The van der Waals surface area contributed by atoms with Crippen LogP contribution in [0.25, 0.3) is 0 Å². The lowest BCUT2D eigenvalue weighted by Gasteiger charge is -2.42. The third kappa shape index (κ3) is 3.84. The molecule has 116 valence electrons. The fourth-order valence-corrected chi connectivity index (χ4v) is 3.46. The van der Waals surface area contributed by atoms with E-state index in [0.29, 0.717) is 0 Å². The second-order valence-corrected chi connectivity index (χ2v) is 6.63. The Morgan fingerprint density at radius 3 is 2.62 bits per heavy atom. The van der Waals surface area contributed by atoms with Gasteiger partial charge in [-0.3, -0.25) is 9.69 Å². The van der Waals surface area contributed by atoms with Gasteiger partial charge in [0.25, 0.3) is 0 Å². The maximum Gasteiger partial charge on any atom is 0.237 e. The standard InChI is InChI=1S/C16H24BrN3O/c1-11(18)15(12-6-8-13(17)9-7-12)20-10-4-3-5-14(20)16(21)19-2/h6-9,11,14-15H,3-5,10,18H2,1-2H3,(H,19,21). The van der Waals surface area contributed by atoms with Crippen LogP contribution in [0.5, 0.6) is 0 Å². The van der Waals surface area contributed by atoms with Gasteiger partial charge in [-0.2, -0.15) is 0 Å². The number of hydrogen-bond acceptors (Lipinski definition) is 3. The second kappa shape index (κ2) is 7.38. The fraction of sp³-hybridized carbons (Fsp3) is 0.562. The van der Waals surface area contributed by atoms with Crippen LogP contribution in [0.15, 0.2) is 28.7 Å². The molecule has 3 unspecified atom stereocenters. The Kier molecular flexibility index (Phi) is 5.79. The molecule has 1 aromatic carbocycles. The lowest BCUT2D eigenvalue weighted by atomic mass is 9.92. The van der Waals surface area contributed by atoms with E-state index < -0.39 is 0 Å². The minimum absolute atomic E-state index is 0.0311. The van der Waals surface area contributed by atoms with E-state index >= 15 is 0 Å². The summed E-state index contributed by atoms with van der Waals surface area (Å²) in [6.07, 6.45) is 3.12. The van der Waals surface area contributed by atoms with Crippen LogP contribution in [0.1, 0.15) is 37.8 Å². The Bertz CT molecular complexity index is 475. The van der Waals surface area contributed by atoms with Gasteiger partial charge in [0.15, 0.2) is 0 Å². The van der Waals surface area contributed by atoms with Gasteiger partial charge in [-0.1, -0.05) is 34.5 Å². The van der Waals surface area contributed by atoms with E-state index in [1.807, 2.05) is 19.1 Å². The smallest absolute Gasteiger partial charge is 0.237 e. The van der Waals surface area contributed by atoms with Crippen molar-refractivity contribution >= 4 is 21.8 Å². The Labute approximate surface area is 135 Å². The second-order valence-electron chi connectivity index (χ2n) is 5.72. The van der Waals surface area contributed by atoms with E-state index in [1.165, 1.54) is 5.56 Å². The third-order valence-corrected chi connectivity index (χ3v) is 4.69. The molecule has 5 heteroatoms. The molecule has 0 saturated carbocycles. The van der Waals surface area contributed by atoms with E-state index in [9.17, 15) is 4.79 Å². The van der Waals surface area contributed by atoms with Gasteiger partial charge in [-0.15, -0.1) is 0 Å². The molecular weight excluding hydrogens is 330 g/mol. The molecule has 0 bridgehead atoms. The number of rotatable bonds is 4. The number of likely N-dealkylation sites (N-methyl/N-ethyl adjacent to an activating group) is 1. The summed E-state index contributed by atoms with van der Waals surface area (Å²) in [5.74, 6) is 0.0949. The molecule has 3 N–H and O–H groups in total. The van der Waals surface area contributed by atoms with E-state index in [0.717, 1.165) is 30.3 Å². The summed E-state index contributed by atoms with van der Waals surface area (Å²) in [5, 5.41) is 2.79. The molecule has 0 aliphatic carbocycles. The van der Waals surface area contributed by atoms with Gasteiger partial charge in [-0.05, 0) is 44.0 Å². The quantitative estimate of drug-likeness (QED) is 0.873. The Hall–Kier alpha value is -0.910. The Morgan fingerprint density at radius 2 is 2.05 bits per heavy atom. The van der Waals surface area contributed by atoms with Crippen LogP contribution >= 0.6 is 15.9 Å². The van der Waals surface area contributed by atoms with Crippen molar-refractivity contribution < 1.29 is 4.79 Å². The first-order valence-electron chi connectivity index (χ1n) is 7.53. The maximum absolute atomic E-state index is 12.2. The zero-order valence-corrected chi connectivity index (χ0v) is 14.3. The number of carbonyl (C=O) groups excluding carboxylic acids is 1. The maximum atomic E-state index is 12.2. The lowest BCUT2D eigenvalue weighted by molar-refractivity contribution is -0.128. The highest BCUT2D eigenvalue weighted by Crippen LogP contribution is 2.31. The number of benzene rings is 1. The van der Waals surface area contributed by atoms with Crippen molar-refractivity contribution in [3.63, 3.8) is 0 Å². The van der Waals surface area contributed by atoms with Crippen molar-refractivity contribution in [2.45, 2.75) is 44.3 Å². The molecule has 0 spiro atoms. The van der Waals surface area contributed by atoms with Crippen molar-refractivity contribution in [2.24, 2.45) is 5.73 Å². The molecule has 1 fully saturated rings. The van der Waals surface area contributed by atoms with Crippen LogP contribution in [0.3, 0.4) is 0 Å². The number of nitrogens with zero attached hydrogens (tertiary/aromatic N) is 1. The van der Waals surface area contributed by atoms with E-state index in [4.69, 9.17) is 5.73 Å². The minimum Gasteiger partial charge on any atom is -0.358 e. The average molecular weight is 354 g/mol. The number of piperidine rings is 1. The molecule has 2 rings (SSSR count). The van der Waals surface area contributed by atoms with Gasteiger partial charge in [-0.25, -0.2) is 0 Å². The summed E-state index contributed by atoms with van der Waals surface area (Å²) in [6, 6.07) is 8.20. The predicted octanol–water partition coefficient (Wildman–Crippen LogP) is 2.44. The van der Waals surface area contributed by atoms with Crippen molar-refractivity contribution in [1.82, 2.24) is 10.2 Å². The summed E-state index contributed by atoms with van der Waals surface area (Å²) >= 11 is 3.46. The van der Waals surface area contributed by atoms with Crippen LogP contribution < -0.4 is 11.1 Å². The highest BCUT2D eigenvalue weighted by atomic mass is 79.9. The highest BCUT2D eigenvalue weighted by molar-refractivity contribution is 9.10. The lowest BCUT2D eigenvalue weighted by Crippen LogP contribution is -2.53. The highest BCUT2D eigenvalue weighted by Gasteiger charge is 2.35. The molecule has 21 heavy (non-hydrogen) atoms. The van der Waals surface area contributed by atoms with Crippen molar-refractivity contribution in [1.29, 1.82) is 0 Å². The summed E-state index contributed by atoms with van der Waals surface area (Å²) in [7, 11) is 1.70. The number of likely N-dealkylation sites (tertiary alicyclic amines) is 1. The van der Waals surface area contributed by atoms with Crippen molar-refractivity contribution in [3.05, 3.63) is 34.3 Å². The Balaban J connectivity index is 2.31.